The molecule has 1 aromatic heterocycles. The average molecular weight is 277 g/mol. The van der Waals surface area contributed by atoms with Crippen LogP contribution in [-0.4, -0.2) is 44.7 Å². The minimum atomic E-state index is -1.58. The Morgan fingerprint density at radius 1 is 1.35 bits per heavy atom. The number of aromatic nitrogens is 2. The Kier molecular flexibility index (Phi) is 4.31. The summed E-state index contributed by atoms with van der Waals surface area (Å²) >= 11 is 0. The van der Waals surface area contributed by atoms with E-state index >= 15 is 0 Å². The van der Waals surface area contributed by atoms with E-state index in [1.807, 2.05) is 24.3 Å². The first kappa shape index (κ1) is 14.0. The van der Waals surface area contributed by atoms with Gasteiger partial charge in [-0.2, -0.15) is 0 Å². The minimum absolute atomic E-state index is 0.173. The fourth-order valence-corrected chi connectivity index (χ4v) is 1.74. The van der Waals surface area contributed by atoms with Gasteiger partial charge in [-0.1, -0.05) is 12.1 Å². The van der Waals surface area contributed by atoms with Crippen molar-refractivity contribution >= 4 is 22.9 Å². The van der Waals surface area contributed by atoms with Gasteiger partial charge >= 0.3 is 5.97 Å². The van der Waals surface area contributed by atoms with E-state index in [2.05, 4.69) is 15.3 Å². The summed E-state index contributed by atoms with van der Waals surface area (Å²) in [6.07, 6.45) is -0.985. The molecule has 0 bridgehead atoms. The van der Waals surface area contributed by atoms with E-state index in [0.717, 1.165) is 11.0 Å². The molecule has 1 amide bonds. The zero-order valence-corrected chi connectivity index (χ0v) is 10.7. The van der Waals surface area contributed by atoms with Crippen LogP contribution >= 0.6 is 0 Å². The number of rotatable bonds is 6. The third-order valence-electron chi connectivity index (χ3n) is 2.80. The van der Waals surface area contributed by atoms with Crippen molar-refractivity contribution in [2.75, 3.05) is 6.54 Å². The molecule has 0 saturated heterocycles. The number of aliphatic carboxylic acids is 1. The molecule has 2 aromatic rings. The number of aliphatic hydroxyl groups excluding tert-OH is 1. The van der Waals surface area contributed by atoms with Crippen LogP contribution in [0.25, 0.3) is 11.0 Å². The lowest BCUT2D eigenvalue weighted by Gasteiger charge is -2.06. The molecule has 0 radical (unpaired) electrons. The topological polar surface area (TPSA) is 115 Å². The van der Waals surface area contributed by atoms with Crippen LogP contribution in [0.15, 0.2) is 24.3 Å². The van der Waals surface area contributed by atoms with Crippen molar-refractivity contribution in [1.82, 2.24) is 15.3 Å². The maximum Gasteiger partial charge on any atom is 0.334 e. The Labute approximate surface area is 114 Å². The highest BCUT2D eigenvalue weighted by molar-refractivity contribution is 5.78. The summed E-state index contributed by atoms with van der Waals surface area (Å²) in [6.45, 7) is -0.297. The Hall–Kier alpha value is -2.41. The summed E-state index contributed by atoms with van der Waals surface area (Å²) in [5.74, 6) is -0.992. The van der Waals surface area contributed by atoms with Crippen molar-refractivity contribution in [2.24, 2.45) is 0 Å². The molecule has 106 valence electrons. The number of aliphatic hydroxyl groups is 1. The van der Waals surface area contributed by atoms with E-state index in [9.17, 15) is 9.59 Å². The standard InChI is InChI=1S/C13H15N3O4/c17-10(13(19)20)7-14-12(18)6-5-11-15-8-3-1-2-4-9(8)16-11/h1-4,10,17H,5-7H2,(H,14,18)(H,15,16)(H,19,20). The molecule has 0 aliphatic carbocycles. The lowest BCUT2D eigenvalue weighted by atomic mass is 10.2. The number of fused-ring (bicyclic) bond motifs is 1. The van der Waals surface area contributed by atoms with Gasteiger partial charge in [-0.25, -0.2) is 9.78 Å². The fraction of sp³-hybridized carbons (Fsp3) is 0.308. The van der Waals surface area contributed by atoms with Crippen molar-refractivity contribution in [1.29, 1.82) is 0 Å². The third kappa shape index (κ3) is 3.55. The van der Waals surface area contributed by atoms with Crippen LogP contribution in [0.2, 0.25) is 0 Å². The zero-order chi connectivity index (χ0) is 14.5. The van der Waals surface area contributed by atoms with Gasteiger partial charge in [-0.3, -0.25) is 4.79 Å². The molecule has 7 nitrogen and oxygen atoms in total. The number of nitrogens with zero attached hydrogens (tertiary/aromatic N) is 1. The van der Waals surface area contributed by atoms with E-state index in [1.165, 1.54) is 0 Å². The second kappa shape index (κ2) is 6.16. The number of hydrogen-bond donors (Lipinski definition) is 4. The van der Waals surface area contributed by atoms with Gasteiger partial charge in [0, 0.05) is 12.8 Å². The van der Waals surface area contributed by atoms with Gasteiger partial charge in [-0.05, 0) is 12.1 Å². The molecule has 0 spiro atoms. The lowest BCUT2D eigenvalue weighted by Crippen LogP contribution is -2.36. The van der Waals surface area contributed by atoms with Crippen molar-refractivity contribution in [3.8, 4) is 0 Å². The molecule has 20 heavy (non-hydrogen) atoms. The van der Waals surface area contributed by atoms with Crippen LogP contribution in [-0.2, 0) is 16.0 Å². The smallest absolute Gasteiger partial charge is 0.334 e. The number of nitrogens with one attached hydrogen (secondary N) is 2. The second-order valence-electron chi connectivity index (χ2n) is 4.36. The molecule has 0 aliphatic rings. The predicted molar refractivity (Wildman–Crippen MR) is 71.1 cm³/mol. The predicted octanol–water partition coefficient (Wildman–Crippen LogP) is 0.0572. The Bertz CT molecular complexity index is 590. The number of benzene rings is 1. The number of carboxylic acids is 1. The molecule has 0 saturated carbocycles. The summed E-state index contributed by atoms with van der Waals surface area (Å²) in [5, 5.41) is 19.8. The number of para-hydroxylation sites is 2. The molecule has 1 atom stereocenters. The van der Waals surface area contributed by atoms with Gasteiger partial charge in [-0.15, -0.1) is 0 Å². The molecule has 0 fully saturated rings. The van der Waals surface area contributed by atoms with E-state index in [1.54, 1.807) is 0 Å². The summed E-state index contributed by atoms with van der Waals surface area (Å²) in [5.41, 5.74) is 1.74. The van der Waals surface area contributed by atoms with Gasteiger partial charge in [0.15, 0.2) is 6.10 Å². The van der Waals surface area contributed by atoms with Gasteiger partial charge in [0.1, 0.15) is 5.82 Å². The Balaban J connectivity index is 1.82. The Morgan fingerprint density at radius 2 is 2.10 bits per heavy atom. The zero-order valence-electron chi connectivity index (χ0n) is 10.7. The van der Waals surface area contributed by atoms with Crippen molar-refractivity contribution in [3.63, 3.8) is 0 Å². The van der Waals surface area contributed by atoms with Crippen LogP contribution in [0, 0.1) is 0 Å². The normalized spacial score (nSPS) is 12.2. The number of H-pyrrole nitrogens is 1. The number of aryl methyl sites for hydroxylation is 1. The molecule has 1 aromatic carbocycles. The first-order valence-corrected chi connectivity index (χ1v) is 6.17. The summed E-state index contributed by atoms with van der Waals surface area (Å²) in [6, 6.07) is 7.55. The molecular formula is C13H15N3O4. The molecule has 7 heteroatoms. The van der Waals surface area contributed by atoms with E-state index in [4.69, 9.17) is 10.2 Å². The number of carbonyl (C=O) groups excluding carboxylic acids is 1. The number of amides is 1. The lowest BCUT2D eigenvalue weighted by molar-refractivity contribution is -0.146. The monoisotopic (exact) mass is 277 g/mol. The van der Waals surface area contributed by atoms with Gasteiger partial charge < -0.3 is 20.5 Å². The van der Waals surface area contributed by atoms with Crippen LogP contribution in [0.1, 0.15) is 12.2 Å². The molecule has 1 heterocycles. The number of hydrogen-bond acceptors (Lipinski definition) is 4. The number of aromatic amines is 1. The molecule has 0 aliphatic heterocycles. The van der Waals surface area contributed by atoms with E-state index in [0.29, 0.717) is 12.2 Å². The highest BCUT2D eigenvalue weighted by Crippen LogP contribution is 2.11. The average Bonchev–Trinajstić information content (AvgIpc) is 2.85. The van der Waals surface area contributed by atoms with Crippen molar-refractivity contribution in [2.45, 2.75) is 18.9 Å². The second-order valence-corrected chi connectivity index (χ2v) is 4.36. The fourth-order valence-electron chi connectivity index (χ4n) is 1.74. The van der Waals surface area contributed by atoms with Crippen LogP contribution in [0.4, 0.5) is 0 Å². The van der Waals surface area contributed by atoms with Crippen LogP contribution in [0.5, 0.6) is 0 Å². The molecule has 1 unspecified atom stereocenters. The largest absolute Gasteiger partial charge is 0.479 e. The third-order valence-corrected chi connectivity index (χ3v) is 2.80. The van der Waals surface area contributed by atoms with Crippen molar-refractivity contribution in [3.05, 3.63) is 30.1 Å². The van der Waals surface area contributed by atoms with Gasteiger partial charge in [0.2, 0.25) is 5.91 Å². The maximum atomic E-state index is 11.5. The molecule has 4 N–H and O–H groups in total. The van der Waals surface area contributed by atoms with E-state index < -0.39 is 12.1 Å². The number of carbonyl (C=O) groups is 2. The highest BCUT2D eigenvalue weighted by atomic mass is 16.4. The van der Waals surface area contributed by atoms with E-state index in [-0.39, 0.29) is 18.9 Å². The van der Waals surface area contributed by atoms with Crippen LogP contribution < -0.4 is 5.32 Å². The highest BCUT2D eigenvalue weighted by Gasteiger charge is 2.14. The minimum Gasteiger partial charge on any atom is -0.479 e. The molecule has 2 rings (SSSR count). The summed E-state index contributed by atoms with van der Waals surface area (Å²) < 4.78 is 0. The summed E-state index contributed by atoms with van der Waals surface area (Å²) in [4.78, 5) is 29.3. The SMILES string of the molecule is O=C(CCc1nc2ccccc2[nH]1)NCC(O)C(=O)O. The van der Waals surface area contributed by atoms with Crippen LogP contribution in [0.3, 0.4) is 0 Å². The van der Waals surface area contributed by atoms with Crippen molar-refractivity contribution < 1.29 is 19.8 Å². The number of imidazole rings is 1. The van der Waals surface area contributed by atoms with Gasteiger partial charge in [0.25, 0.3) is 0 Å². The van der Waals surface area contributed by atoms with Gasteiger partial charge in [0.05, 0.1) is 17.6 Å². The summed E-state index contributed by atoms with van der Waals surface area (Å²) in [7, 11) is 0. The number of carboxylic acid groups (broad SMARTS) is 1. The quantitative estimate of drug-likeness (QED) is 0.596. The molecular weight excluding hydrogens is 262 g/mol. The first-order valence-electron chi connectivity index (χ1n) is 6.17. The Morgan fingerprint density at radius 3 is 2.80 bits per heavy atom. The maximum absolute atomic E-state index is 11.5. The first-order chi connectivity index (χ1) is 9.56.